The Kier molecular flexibility index (Phi) is 11.1. The minimum absolute atomic E-state index is 0.00553. The Labute approximate surface area is 243 Å². The van der Waals surface area contributed by atoms with E-state index in [1.165, 1.54) is 17.0 Å². The lowest BCUT2D eigenvalue weighted by atomic mass is 10.0. The van der Waals surface area contributed by atoms with Crippen LogP contribution in [0, 0.1) is 5.82 Å². The van der Waals surface area contributed by atoms with Crippen LogP contribution in [0.2, 0.25) is 0 Å². The maximum atomic E-state index is 14.1. The number of carbonyl (C=O) groups is 2. The van der Waals surface area contributed by atoms with Crippen LogP contribution in [0.4, 0.5) is 10.1 Å². The minimum atomic E-state index is -3.85. The normalized spacial score (nSPS) is 13.0. The lowest BCUT2D eigenvalue weighted by molar-refractivity contribution is -0.140. The summed E-state index contributed by atoms with van der Waals surface area (Å²) in [6.07, 6.45) is 1.97. The highest BCUT2D eigenvalue weighted by molar-refractivity contribution is 7.92. The molecule has 0 saturated carbocycles. The number of hydrogen-bond donors (Lipinski definition) is 1. The molecule has 0 fully saturated rings. The average Bonchev–Trinajstić information content (AvgIpc) is 2.94. The number of carbonyl (C=O) groups excluding carboxylic acids is 2. The minimum Gasteiger partial charge on any atom is -0.352 e. The van der Waals surface area contributed by atoms with Crippen LogP contribution in [0.15, 0.2) is 78.9 Å². The number of nitrogens with zero attached hydrogens (tertiary/aromatic N) is 2. The van der Waals surface area contributed by atoms with Crippen LogP contribution in [0.25, 0.3) is 0 Å². The fourth-order valence-electron chi connectivity index (χ4n) is 4.42. The lowest BCUT2D eigenvalue weighted by Crippen LogP contribution is -2.54. The van der Waals surface area contributed by atoms with Crippen LogP contribution in [-0.2, 0) is 32.6 Å². The van der Waals surface area contributed by atoms with Crippen molar-refractivity contribution in [3.63, 3.8) is 0 Å². The van der Waals surface area contributed by atoms with E-state index >= 15 is 0 Å². The molecule has 2 atom stereocenters. The summed E-state index contributed by atoms with van der Waals surface area (Å²) in [7, 11) is -3.85. The molecule has 0 aliphatic rings. The molecule has 2 amide bonds. The summed E-state index contributed by atoms with van der Waals surface area (Å²) in [4.78, 5) is 29.1. The third-order valence-electron chi connectivity index (χ3n) is 7.07. The molecule has 0 radical (unpaired) electrons. The number of halogens is 1. The van der Waals surface area contributed by atoms with Gasteiger partial charge in [0.15, 0.2) is 0 Å². The van der Waals surface area contributed by atoms with E-state index in [2.05, 4.69) is 5.32 Å². The topological polar surface area (TPSA) is 86.8 Å². The standard InChI is InChI=1S/C32H40FN3O4S/c1-6-24(4)34-32(38)30(20-25-10-8-7-9-11-25)35(21-26-12-16-28(33)17-13-26)31(37)22-36(41(5,39)40)29-18-14-27(15-19-29)23(2)3/h7-19,23-24,30H,6,20-22H2,1-5H3,(H,34,38)/t24-,30+/m1/s1. The van der Waals surface area contributed by atoms with Crippen LogP contribution in [0.1, 0.15) is 56.7 Å². The van der Waals surface area contributed by atoms with E-state index in [4.69, 9.17) is 0 Å². The smallest absolute Gasteiger partial charge is 0.244 e. The number of amides is 2. The Morgan fingerprint density at radius 3 is 2.02 bits per heavy atom. The molecule has 220 valence electrons. The van der Waals surface area contributed by atoms with Gasteiger partial charge in [0.2, 0.25) is 21.8 Å². The first kappa shape index (κ1) is 31.8. The van der Waals surface area contributed by atoms with Crippen molar-refractivity contribution in [3.8, 4) is 0 Å². The Bertz CT molecular complexity index is 1400. The fourth-order valence-corrected chi connectivity index (χ4v) is 5.27. The van der Waals surface area contributed by atoms with Crippen LogP contribution in [-0.4, -0.2) is 50.0 Å². The van der Waals surface area contributed by atoms with Crippen molar-refractivity contribution in [3.05, 3.63) is 101 Å². The maximum Gasteiger partial charge on any atom is 0.244 e. The quantitative estimate of drug-likeness (QED) is 0.298. The van der Waals surface area contributed by atoms with E-state index in [-0.39, 0.29) is 30.8 Å². The van der Waals surface area contributed by atoms with Crippen LogP contribution < -0.4 is 9.62 Å². The monoisotopic (exact) mass is 581 g/mol. The third-order valence-corrected chi connectivity index (χ3v) is 8.21. The van der Waals surface area contributed by atoms with Crippen molar-refractivity contribution >= 4 is 27.5 Å². The Hall–Kier alpha value is -3.72. The summed E-state index contributed by atoms with van der Waals surface area (Å²) in [6.45, 7) is 7.41. The molecule has 3 rings (SSSR count). The molecule has 3 aromatic carbocycles. The van der Waals surface area contributed by atoms with E-state index < -0.39 is 34.3 Å². The van der Waals surface area contributed by atoms with Crippen molar-refractivity contribution in [1.29, 1.82) is 0 Å². The largest absolute Gasteiger partial charge is 0.352 e. The zero-order valence-electron chi connectivity index (χ0n) is 24.4. The van der Waals surface area contributed by atoms with E-state index in [1.807, 2.05) is 70.2 Å². The molecule has 0 bridgehead atoms. The number of sulfonamides is 1. The number of hydrogen-bond acceptors (Lipinski definition) is 4. The molecule has 41 heavy (non-hydrogen) atoms. The van der Waals surface area contributed by atoms with E-state index in [0.717, 1.165) is 21.7 Å². The molecule has 0 aromatic heterocycles. The van der Waals surface area contributed by atoms with Crippen LogP contribution in [0.3, 0.4) is 0 Å². The van der Waals surface area contributed by atoms with Crippen molar-refractivity contribution in [1.82, 2.24) is 10.2 Å². The number of anilines is 1. The second kappa shape index (κ2) is 14.3. The Balaban J connectivity index is 2.04. The van der Waals surface area contributed by atoms with Gasteiger partial charge in [-0.15, -0.1) is 0 Å². The summed E-state index contributed by atoms with van der Waals surface area (Å²) in [5, 5.41) is 2.99. The molecule has 0 aliphatic carbocycles. The Morgan fingerprint density at radius 1 is 0.878 bits per heavy atom. The van der Waals surface area contributed by atoms with Gasteiger partial charge in [0.1, 0.15) is 18.4 Å². The molecule has 9 heteroatoms. The predicted octanol–water partition coefficient (Wildman–Crippen LogP) is 5.27. The van der Waals surface area contributed by atoms with Crippen molar-refractivity contribution in [2.75, 3.05) is 17.1 Å². The second-order valence-electron chi connectivity index (χ2n) is 10.7. The SMILES string of the molecule is CC[C@@H](C)NC(=O)[C@H](Cc1ccccc1)N(Cc1ccc(F)cc1)C(=O)CN(c1ccc(C(C)C)cc1)S(C)(=O)=O. The summed E-state index contributed by atoms with van der Waals surface area (Å²) in [6, 6.07) is 21.0. The summed E-state index contributed by atoms with van der Waals surface area (Å²) < 4.78 is 40.6. The molecular weight excluding hydrogens is 541 g/mol. The number of rotatable bonds is 13. The van der Waals surface area contributed by atoms with Crippen molar-refractivity contribution in [2.24, 2.45) is 0 Å². The van der Waals surface area contributed by atoms with Crippen molar-refractivity contribution in [2.45, 2.75) is 65.1 Å². The van der Waals surface area contributed by atoms with Gasteiger partial charge in [-0.2, -0.15) is 0 Å². The first-order chi connectivity index (χ1) is 19.4. The van der Waals surface area contributed by atoms with Gasteiger partial charge in [-0.3, -0.25) is 13.9 Å². The summed E-state index contributed by atoms with van der Waals surface area (Å²) in [5.74, 6) is -1.06. The van der Waals surface area contributed by atoms with Gasteiger partial charge in [0.05, 0.1) is 11.9 Å². The molecule has 0 aliphatic heterocycles. The molecule has 0 heterocycles. The van der Waals surface area contributed by atoms with Gasteiger partial charge in [-0.1, -0.05) is 75.4 Å². The highest BCUT2D eigenvalue weighted by Crippen LogP contribution is 2.23. The Morgan fingerprint density at radius 2 is 1.49 bits per heavy atom. The van der Waals surface area contributed by atoms with E-state index in [9.17, 15) is 22.4 Å². The molecule has 0 unspecified atom stereocenters. The highest BCUT2D eigenvalue weighted by atomic mass is 32.2. The van der Waals surface area contributed by atoms with Gasteiger partial charge in [-0.05, 0) is 60.2 Å². The molecule has 0 spiro atoms. The predicted molar refractivity (Wildman–Crippen MR) is 162 cm³/mol. The van der Waals surface area contributed by atoms with Crippen LogP contribution >= 0.6 is 0 Å². The second-order valence-corrected chi connectivity index (χ2v) is 12.6. The maximum absolute atomic E-state index is 14.1. The summed E-state index contributed by atoms with van der Waals surface area (Å²) in [5.41, 5.74) is 2.85. The molecule has 0 saturated heterocycles. The summed E-state index contributed by atoms with van der Waals surface area (Å²) >= 11 is 0. The molecule has 3 aromatic rings. The van der Waals surface area contributed by atoms with Gasteiger partial charge in [0.25, 0.3) is 0 Å². The van der Waals surface area contributed by atoms with Gasteiger partial charge in [-0.25, -0.2) is 12.8 Å². The zero-order chi connectivity index (χ0) is 30.2. The number of benzene rings is 3. The lowest BCUT2D eigenvalue weighted by Gasteiger charge is -2.34. The average molecular weight is 582 g/mol. The van der Waals surface area contributed by atoms with E-state index in [1.54, 1.807) is 24.3 Å². The molecule has 1 N–H and O–H groups in total. The fraction of sp³-hybridized carbons (Fsp3) is 0.375. The van der Waals surface area contributed by atoms with Gasteiger partial charge in [0, 0.05) is 19.0 Å². The van der Waals surface area contributed by atoms with Crippen molar-refractivity contribution < 1.29 is 22.4 Å². The first-order valence-electron chi connectivity index (χ1n) is 13.8. The third kappa shape index (κ3) is 9.14. The van der Waals surface area contributed by atoms with Gasteiger partial charge < -0.3 is 10.2 Å². The van der Waals surface area contributed by atoms with Gasteiger partial charge >= 0.3 is 0 Å². The molecule has 7 nitrogen and oxygen atoms in total. The highest BCUT2D eigenvalue weighted by Gasteiger charge is 2.33. The number of nitrogens with one attached hydrogen (secondary N) is 1. The molecular formula is C32H40FN3O4S. The zero-order valence-corrected chi connectivity index (χ0v) is 25.2. The van der Waals surface area contributed by atoms with E-state index in [0.29, 0.717) is 17.7 Å². The van der Waals surface area contributed by atoms with Crippen LogP contribution in [0.5, 0.6) is 0 Å². The first-order valence-corrected chi connectivity index (χ1v) is 15.7.